The van der Waals surface area contributed by atoms with E-state index in [9.17, 15) is 4.79 Å². The Kier molecular flexibility index (Phi) is 2.73. The molecule has 0 aliphatic carbocycles. The molecule has 0 bridgehead atoms. The maximum Gasteiger partial charge on any atom is 0.268 e. The molecular weight excluding hydrogens is 216 g/mol. The molecule has 0 fully saturated rings. The summed E-state index contributed by atoms with van der Waals surface area (Å²) in [5.74, 6) is -0.198. The van der Waals surface area contributed by atoms with Crippen LogP contribution in [0.25, 0.3) is 0 Å². The first-order chi connectivity index (χ1) is 7.25. The molecule has 0 radical (unpaired) electrons. The number of halogens is 1. The SMILES string of the molecule is O=C(NCc1cnc[nH]1)c1cc(Cl)c[nH]1. The van der Waals surface area contributed by atoms with E-state index in [4.69, 9.17) is 11.6 Å². The Labute approximate surface area is 90.9 Å². The molecule has 2 heterocycles. The highest BCUT2D eigenvalue weighted by Gasteiger charge is 2.07. The van der Waals surface area contributed by atoms with Gasteiger partial charge in [-0.3, -0.25) is 4.79 Å². The number of hydrogen-bond acceptors (Lipinski definition) is 2. The van der Waals surface area contributed by atoms with E-state index in [-0.39, 0.29) is 5.91 Å². The molecule has 0 saturated heterocycles. The van der Waals surface area contributed by atoms with Gasteiger partial charge in [-0.25, -0.2) is 4.98 Å². The first kappa shape index (κ1) is 9.79. The van der Waals surface area contributed by atoms with Gasteiger partial charge in [0, 0.05) is 12.4 Å². The molecule has 2 rings (SSSR count). The van der Waals surface area contributed by atoms with Crippen LogP contribution in [0, 0.1) is 0 Å². The first-order valence-electron chi connectivity index (χ1n) is 4.35. The lowest BCUT2D eigenvalue weighted by Crippen LogP contribution is -2.23. The second kappa shape index (κ2) is 4.18. The predicted molar refractivity (Wildman–Crippen MR) is 55.6 cm³/mol. The predicted octanol–water partition coefficient (Wildman–Crippen LogP) is 1.32. The molecule has 0 aromatic carbocycles. The van der Waals surface area contributed by atoms with Crippen molar-refractivity contribution in [1.82, 2.24) is 20.3 Å². The van der Waals surface area contributed by atoms with E-state index in [0.29, 0.717) is 17.3 Å². The van der Waals surface area contributed by atoms with Crippen LogP contribution in [0.4, 0.5) is 0 Å². The molecule has 2 aromatic heterocycles. The second-order valence-corrected chi connectivity index (χ2v) is 3.43. The number of nitrogens with zero attached hydrogens (tertiary/aromatic N) is 1. The zero-order chi connectivity index (χ0) is 10.7. The number of nitrogens with one attached hydrogen (secondary N) is 3. The molecule has 3 N–H and O–H groups in total. The highest BCUT2D eigenvalue weighted by Crippen LogP contribution is 2.09. The molecular formula is C9H9ClN4O. The van der Waals surface area contributed by atoms with Gasteiger partial charge in [0.25, 0.3) is 5.91 Å². The Bertz CT molecular complexity index is 448. The Morgan fingerprint density at radius 3 is 3.00 bits per heavy atom. The smallest absolute Gasteiger partial charge is 0.268 e. The molecule has 1 amide bonds. The van der Waals surface area contributed by atoms with Crippen LogP contribution < -0.4 is 5.32 Å². The summed E-state index contributed by atoms with van der Waals surface area (Å²) in [7, 11) is 0. The van der Waals surface area contributed by atoms with E-state index in [1.165, 1.54) is 0 Å². The minimum atomic E-state index is -0.198. The number of imidazole rings is 1. The van der Waals surface area contributed by atoms with Gasteiger partial charge in [0.05, 0.1) is 23.6 Å². The topological polar surface area (TPSA) is 73.6 Å². The van der Waals surface area contributed by atoms with Gasteiger partial charge in [0.2, 0.25) is 0 Å². The summed E-state index contributed by atoms with van der Waals surface area (Å²) in [6.07, 6.45) is 4.78. The summed E-state index contributed by atoms with van der Waals surface area (Å²) >= 11 is 5.68. The van der Waals surface area contributed by atoms with Crippen LogP contribution in [0.5, 0.6) is 0 Å². The summed E-state index contributed by atoms with van der Waals surface area (Å²) < 4.78 is 0. The third-order valence-electron chi connectivity index (χ3n) is 1.89. The monoisotopic (exact) mass is 224 g/mol. The Morgan fingerprint density at radius 1 is 1.53 bits per heavy atom. The number of rotatable bonds is 3. The van der Waals surface area contributed by atoms with Crippen LogP contribution >= 0.6 is 11.6 Å². The molecule has 6 heteroatoms. The Balaban J connectivity index is 1.93. The summed E-state index contributed by atoms with van der Waals surface area (Å²) in [5.41, 5.74) is 1.29. The van der Waals surface area contributed by atoms with E-state index >= 15 is 0 Å². The summed E-state index contributed by atoms with van der Waals surface area (Å²) in [6.45, 7) is 0.412. The maximum absolute atomic E-state index is 11.5. The van der Waals surface area contributed by atoms with E-state index in [1.54, 1.807) is 24.8 Å². The molecule has 78 valence electrons. The van der Waals surface area contributed by atoms with Crippen molar-refractivity contribution >= 4 is 17.5 Å². The molecule has 0 aliphatic heterocycles. The fraction of sp³-hybridized carbons (Fsp3) is 0.111. The van der Waals surface area contributed by atoms with Crippen molar-refractivity contribution in [3.63, 3.8) is 0 Å². The van der Waals surface area contributed by atoms with Crippen molar-refractivity contribution in [2.45, 2.75) is 6.54 Å². The Morgan fingerprint density at radius 2 is 2.40 bits per heavy atom. The van der Waals surface area contributed by atoms with E-state index in [2.05, 4.69) is 20.3 Å². The highest BCUT2D eigenvalue weighted by molar-refractivity contribution is 6.30. The van der Waals surface area contributed by atoms with Crippen LogP contribution in [0.2, 0.25) is 5.02 Å². The molecule has 0 unspecified atom stereocenters. The van der Waals surface area contributed by atoms with Crippen LogP contribution in [0.1, 0.15) is 16.2 Å². The molecule has 15 heavy (non-hydrogen) atoms. The minimum absolute atomic E-state index is 0.198. The molecule has 0 spiro atoms. The van der Waals surface area contributed by atoms with Crippen molar-refractivity contribution in [1.29, 1.82) is 0 Å². The van der Waals surface area contributed by atoms with E-state index in [0.717, 1.165) is 5.69 Å². The fourth-order valence-corrected chi connectivity index (χ4v) is 1.31. The third-order valence-corrected chi connectivity index (χ3v) is 2.10. The number of carbonyl (C=O) groups excluding carboxylic acids is 1. The normalized spacial score (nSPS) is 10.2. The van der Waals surface area contributed by atoms with Gasteiger partial charge in [-0.05, 0) is 6.07 Å². The zero-order valence-corrected chi connectivity index (χ0v) is 8.51. The quantitative estimate of drug-likeness (QED) is 0.736. The number of amides is 1. The lowest BCUT2D eigenvalue weighted by molar-refractivity contribution is 0.0946. The van der Waals surface area contributed by atoms with Gasteiger partial charge in [0.15, 0.2) is 0 Å². The largest absolute Gasteiger partial charge is 0.356 e. The molecule has 2 aromatic rings. The first-order valence-corrected chi connectivity index (χ1v) is 4.73. The summed E-state index contributed by atoms with van der Waals surface area (Å²) in [6, 6.07) is 1.57. The van der Waals surface area contributed by atoms with Gasteiger partial charge in [-0.15, -0.1) is 0 Å². The van der Waals surface area contributed by atoms with E-state index in [1.807, 2.05) is 0 Å². The van der Waals surface area contributed by atoms with Crippen LogP contribution in [0.15, 0.2) is 24.8 Å². The van der Waals surface area contributed by atoms with Gasteiger partial charge < -0.3 is 15.3 Å². The number of aromatic amines is 2. The minimum Gasteiger partial charge on any atom is -0.356 e. The summed E-state index contributed by atoms with van der Waals surface area (Å²) in [4.78, 5) is 21.0. The number of H-pyrrole nitrogens is 2. The number of hydrogen-bond donors (Lipinski definition) is 3. The summed E-state index contributed by atoms with van der Waals surface area (Å²) in [5, 5.41) is 3.23. The van der Waals surface area contributed by atoms with Gasteiger partial charge in [-0.2, -0.15) is 0 Å². The van der Waals surface area contributed by atoms with Gasteiger partial charge >= 0.3 is 0 Å². The lowest BCUT2D eigenvalue weighted by Gasteiger charge is -2.00. The molecule has 5 nitrogen and oxygen atoms in total. The average Bonchev–Trinajstić information content (AvgIpc) is 2.84. The highest BCUT2D eigenvalue weighted by atomic mass is 35.5. The molecule has 0 atom stereocenters. The number of carbonyl (C=O) groups is 1. The molecule has 0 saturated carbocycles. The molecule has 0 aliphatic rings. The van der Waals surface area contributed by atoms with Crippen LogP contribution in [-0.4, -0.2) is 20.9 Å². The van der Waals surface area contributed by atoms with Crippen molar-refractivity contribution in [3.8, 4) is 0 Å². The van der Waals surface area contributed by atoms with Crippen molar-refractivity contribution in [2.24, 2.45) is 0 Å². The van der Waals surface area contributed by atoms with Crippen molar-refractivity contribution < 1.29 is 4.79 Å². The zero-order valence-electron chi connectivity index (χ0n) is 7.75. The lowest BCUT2D eigenvalue weighted by atomic mass is 10.4. The van der Waals surface area contributed by atoms with Crippen LogP contribution in [0.3, 0.4) is 0 Å². The Hall–Kier alpha value is -1.75. The van der Waals surface area contributed by atoms with Crippen molar-refractivity contribution in [2.75, 3.05) is 0 Å². The second-order valence-electron chi connectivity index (χ2n) is 2.99. The fourth-order valence-electron chi connectivity index (χ4n) is 1.15. The average molecular weight is 225 g/mol. The maximum atomic E-state index is 11.5. The standard InChI is InChI=1S/C9H9ClN4O/c10-6-1-8(12-2-6)9(15)13-4-7-3-11-5-14-7/h1-3,5,12H,4H2,(H,11,14)(H,13,15). The van der Waals surface area contributed by atoms with Crippen LogP contribution in [-0.2, 0) is 6.54 Å². The van der Waals surface area contributed by atoms with Gasteiger partial charge in [-0.1, -0.05) is 11.6 Å². The van der Waals surface area contributed by atoms with Crippen molar-refractivity contribution in [3.05, 3.63) is 41.2 Å². The number of aromatic nitrogens is 3. The third kappa shape index (κ3) is 2.38. The van der Waals surface area contributed by atoms with Gasteiger partial charge in [0.1, 0.15) is 5.69 Å². The van der Waals surface area contributed by atoms with E-state index < -0.39 is 0 Å².